The van der Waals surface area contributed by atoms with Gasteiger partial charge in [-0.15, -0.1) is 0 Å². The highest BCUT2D eigenvalue weighted by Gasteiger charge is 2.35. The van der Waals surface area contributed by atoms with Crippen molar-refractivity contribution in [3.05, 3.63) is 54.1 Å². The Hall–Kier alpha value is -3.35. The van der Waals surface area contributed by atoms with Crippen molar-refractivity contribution in [1.29, 1.82) is 0 Å². The molecule has 4 rings (SSSR count). The second-order valence-corrected chi connectivity index (χ2v) is 8.01. The van der Waals surface area contributed by atoms with Crippen LogP contribution in [0.3, 0.4) is 0 Å². The van der Waals surface area contributed by atoms with E-state index in [0.717, 1.165) is 35.5 Å². The summed E-state index contributed by atoms with van der Waals surface area (Å²) in [4.78, 5) is 38.7. The van der Waals surface area contributed by atoms with Gasteiger partial charge in [-0.2, -0.15) is 0 Å². The summed E-state index contributed by atoms with van der Waals surface area (Å²) < 4.78 is 5.44. The number of hydrogen-bond acceptors (Lipinski definition) is 4. The van der Waals surface area contributed by atoms with Crippen molar-refractivity contribution in [3.8, 4) is 5.75 Å². The first-order valence-corrected chi connectivity index (χ1v) is 10.7. The molecular weight excluding hydrogens is 394 g/mol. The average molecular weight is 421 g/mol. The summed E-state index contributed by atoms with van der Waals surface area (Å²) in [6, 6.07) is 14.8. The predicted octanol–water partition coefficient (Wildman–Crippen LogP) is 3.10. The zero-order valence-electron chi connectivity index (χ0n) is 17.6. The minimum Gasteiger partial charge on any atom is -0.494 e. The minimum atomic E-state index is -0.392. The normalized spacial score (nSPS) is 18.0. The topological polar surface area (TPSA) is 87.7 Å². The Bertz CT molecular complexity index is 969. The fourth-order valence-corrected chi connectivity index (χ4v) is 3.70. The van der Waals surface area contributed by atoms with Crippen LogP contribution in [-0.4, -0.2) is 30.9 Å². The Balaban J connectivity index is 1.31. The molecule has 7 nitrogen and oxygen atoms in total. The standard InChI is InChI=1S/C24H27N3O4/c1-2-31-21-10-8-20(9-11-21)27-15-18(13-22(27)28)23(29)25-14-16-4-3-5-19(12-16)26-24(30)17-6-7-17/h3-5,8-12,17-18H,2,6-7,13-15H2,1H3,(H,25,29)(H,26,30). The molecule has 31 heavy (non-hydrogen) atoms. The minimum absolute atomic E-state index is 0.0556. The van der Waals surface area contributed by atoms with Crippen molar-refractivity contribution in [1.82, 2.24) is 5.32 Å². The molecule has 1 heterocycles. The maximum atomic E-state index is 12.7. The first-order valence-electron chi connectivity index (χ1n) is 10.7. The number of ether oxygens (including phenoxy) is 1. The van der Waals surface area contributed by atoms with Gasteiger partial charge in [-0.1, -0.05) is 12.1 Å². The van der Waals surface area contributed by atoms with Gasteiger partial charge in [0.1, 0.15) is 5.75 Å². The van der Waals surface area contributed by atoms with E-state index in [-0.39, 0.29) is 30.1 Å². The fourth-order valence-electron chi connectivity index (χ4n) is 3.70. The molecule has 0 spiro atoms. The molecule has 162 valence electrons. The van der Waals surface area contributed by atoms with Gasteiger partial charge >= 0.3 is 0 Å². The monoisotopic (exact) mass is 421 g/mol. The third-order valence-corrected chi connectivity index (χ3v) is 5.56. The van der Waals surface area contributed by atoms with Crippen molar-refractivity contribution in [2.24, 2.45) is 11.8 Å². The molecule has 0 aromatic heterocycles. The van der Waals surface area contributed by atoms with Crippen LogP contribution in [0.2, 0.25) is 0 Å². The van der Waals surface area contributed by atoms with E-state index >= 15 is 0 Å². The predicted molar refractivity (Wildman–Crippen MR) is 118 cm³/mol. The largest absolute Gasteiger partial charge is 0.494 e. The lowest BCUT2D eigenvalue weighted by Gasteiger charge is -2.17. The Morgan fingerprint density at radius 3 is 2.55 bits per heavy atom. The van der Waals surface area contributed by atoms with Crippen molar-refractivity contribution in [2.45, 2.75) is 32.7 Å². The highest BCUT2D eigenvalue weighted by atomic mass is 16.5. The summed E-state index contributed by atoms with van der Waals surface area (Å²) >= 11 is 0. The first-order chi connectivity index (χ1) is 15.0. The maximum absolute atomic E-state index is 12.7. The van der Waals surface area contributed by atoms with Crippen molar-refractivity contribution in [2.75, 3.05) is 23.4 Å². The van der Waals surface area contributed by atoms with Gasteiger partial charge in [-0.25, -0.2) is 0 Å². The van der Waals surface area contributed by atoms with Gasteiger partial charge in [0, 0.05) is 36.8 Å². The van der Waals surface area contributed by atoms with Crippen LogP contribution in [0.5, 0.6) is 5.75 Å². The maximum Gasteiger partial charge on any atom is 0.227 e. The van der Waals surface area contributed by atoms with E-state index < -0.39 is 5.92 Å². The number of amides is 3. The van der Waals surface area contributed by atoms with Gasteiger partial charge in [-0.05, 0) is 61.7 Å². The Morgan fingerprint density at radius 1 is 1.06 bits per heavy atom. The van der Waals surface area contributed by atoms with E-state index in [9.17, 15) is 14.4 Å². The van der Waals surface area contributed by atoms with Gasteiger partial charge in [0.25, 0.3) is 0 Å². The lowest BCUT2D eigenvalue weighted by atomic mass is 10.1. The molecule has 1 aliphatic heterocycles. The summed E-state index contributed by atoms with van der Waals surface area (Å²) in [6.45, 7) is 3.21. The van der Waals surface area contributed by atoms with Crippen molar-refractivity contribution < 1.29 is 19.1 Å². The molecule has 1 aliphatic carbocycles. The molecule has 2 aliphatic rings. The third kappa shape index (κ3) is 5.23. The van der Waals surface area contributed by atoms with E-state index in [1.165, 1.54) is 0 Å². The summed E-state index contributed by atoms with van der Waals surface area (Å²) in [5.74, 6) is 0.351. The van der Waals surface area contributed by atoms with Crippen LogP contribution >= 0.6 is 0 Å². The van der Waals surface area contributed by atoms with Crippen LogP contribution in [0.15, 0.2) is 48.5 Å². The molecular formula is C24H27N3O4. The van der Waals surface area contributed by atoms with E-state index in [2.05, 4.69) is 10.6 Å². The molecule has 1 unspecified atom stereocenters. The highest BCUT2D eigenvalue weighted by molar-refractivity contribution is 6.00. The number of nitrogens with one attached hydrogen (secondary N) is 2. The smallest absolute Gasteiger partial charge is 0.227 e. The molecule has 1 atom stereocenters. The summed E-state index contributed by atoms with van der Waals surface area (Å²) in [7, 11) is 0. The number of carbonyl (C=O) groups is 3. The second-order valence-electron chi connectivity index (χ2n) is 8.01. The van der Waals surface area contributed by atoms with E-state index in [4.69, 9.17) is 4.74 Å². The lowest BCUT2D eigenvalue weighted by Crippen LogP contribution is -2.32. The van der Waals surface area contributed by atoms with Crippen LogP contribution in [0.4, 0.5) is 11.4 Å². The van der Waals surface area contributed by atoms with Crippen LogP contribution in [0.1, 0.15) is 31.7 Å². The molecule has 2 fully saturated rings. The van der Waals surface area contributed by atoms with Crippen LogP contribution in [-0.2, 0) is 20.9 Å². The number of hydrogen-bond donors (Lipinski definition) is 2. The van der Waals surface area contributed by atoms with Crippen molar-refractivity contribution >= 4 is 29.1 Å². The number of carbonyl (C=O) groups excluding carboxylic acids is 3. The molecule has 0 radical (unpaired) electrons. The van der Waals surface area contributed by atoms with Crippen molar-refractivity contribution in [3.63, 3.8) is 0 Å². The zero-order chi connectivity index (χ0) is 21.8. The van der Waals surface area contributed by atoms with Gasteiger partial charge in [0.2, 0.25) is 17.7 Å². The van der Waals surface area contributed by atoms with Gasteiger partial charge < -0.3 is 20.3 Å². The molecule has 1 saturated heterocycles. The van der Waals surface area contributed by atoms with E-state index in [1.54, 1.807) is 4.90 Å². The number of benzene rings is 2. The molecule has 7 heteroatoms. The SMILES string of the molecule is CCOc1ccc(N2CC(C(=O)NCc3cccc(NC(=O)C4CC4)c3)CC2=O)cc1. The average Bonchev–Trinajstić information content (AvgIpc) is 3.55. The number of nitrogens with zero attached hydrogens (tertiary/aromatic N) is 1. The first kappa shape index (κ1) is 20.9. The van der Waals surface area contributed by atoms with Gasteiger partial charge in [0.05, 0.1) is 12.5 Å². The van der Waals surface area contributed by atoms with E-state index in [0.29, 0.717) is 19.7 Å². The molecule has 1 saturated carbocycles. The lowest BCUT2D eigenvalue weighted by molar-refractivity contribution is -0.126. The second kappa shape index (κ2) is 9.20. The molecule has 2 aromatic carbocycles. The third-order valence-electron chi connectivity index (χ3n) is 5.56. The highest BCUT2D eigenvalue weighted by Crippen LogP contribution is 2.30. The van der Waals surface area contributed by atoms with Crippen LogP contribution in [0.25, 0.3) is 0 Å². The summed E-state index contributed by atoms with van der Waals surface area (Å²) in [5, 5.41) is 5.84. The number of rotatable bonds is 8. The van der Waals surface area contributed by atoms with Gasteiger partial charge in [-0.3, -0.25) is 14.4 Å². The van der Waals surface area contributed by atoms with E-state index in [1.807, 2.05) is 55.5 Å². The molecule has 2 aromatic rings. The van der Waals surface area contributed by atoms with Crippen LogP contribution < -0.4 is 20.3 Å². The Kier molecular flexibility index (Phi) is 6.21. The quantitative estimate of drug-likeness (QED) is 0.686. The fraction of sp³-hybridized carbons (Fsp3) is 0.375. The number of anilines is 2. The summed E-state index contributed by atoms with van der Waals surface area (Å²) in [5.41, 5.74) is 2.40. The van der Waals surface area contributed by atoms with Gasteiger partial charge in [0.15, 0.2) is 0 Å². The molecule has 0 bridgehead atoms. The van der Waals surface area contributed by atoms with Crippen LogP contribution in [0, 0.1) is 11.8 Å². The Labute approximate surface area is 181 Å². The molecule has 2 N–H and O–H groups in total. The molecule has 3 amide bonds. The zero-order valence-corrected chi connectivity index (χ0v) is 17.6. The Morgan fingerprint density at radius 2 is 1.84 bits per heavy atom. The summed E-state index contributed by atoms with van der Waals surface area (Å²) in [6.07, 6.45) is 2.10.